The molecule has 2 aliphatic rings. The van der Waals surface area contributed by atoms with Gasteiger partial charge in [0, 0.05) is 30.1 Å². The van der Waals surface area contributed by atoms with Gasteiger partial charge in [-0.05, 0) is 36.2 Å². The Morgan fingerprint density at radius 3 is 2.76 bits per heavy atom. The SMILES string of the molecule is Nc1ncc(-c2cccc(C(=O)N[C@H]3c4ccccc4C[C@H]3O)c2)nc1C(=O)N[C@H]1CCNC1. The van der Waals surface area contributed by atoms with Crippen LogP contribution in [-0.4, -0.2) is 52.1 Å². The van der Waals surface area contributed by atoms with Crippen molar-refractivity contribution < 1.29 is 14.7 Å². The average Bonchev–Trinajstić information content (AvgIpc) is 3.47. The molecule has 1 fully saturated rings. The molecule has 174 valence electrons. The highest BCUT2D eigenvalue weighted by Crippen LogP contribution is 2.31. The van der Waals surface area contributed by atoms with E-state index in [1.165, 1.54) is 6.20 Å². The van der Waals surface area contributed by atoms with E-state index in [0.717, 1.165) is 24.1 Å². The first-order valence-corrected chi connectivity index (χ1v) is 11.3. The minimum atomic E-state index is -0.677. The van der Waals surface area contributed by atoms with Crippen molar-refractivity contribution in [2.24, 2.45) is 0 Å². The van der Waals surface area contributed by atoms with Crippen molar-refractivity contribution in [1.29, 1.82) is 0 Å². The molecule has 3 atom stereocenters. The van der Waals surface area contributed by atoms with Crippen molar-refractivity contribution in [2.45, 2.75) is 31.0 Å². The van der Waals surface area contributed by atoms with Crippen molar-refractivity contribution in [1.82, 2.24) is 25.9 Å². The zero-order valence-electron chi connectivity index (χ0n) is 18.5. The molecule has 0 radical (unpaired) electrons. The number of hydrogen-bond acceptors (Lipinski definition) is 7. The Labute approximate surface area is 196 Å². The minimum absolute atomic E-state index is 0.0282. The molecular weight excluding hydrogens is 432 g/mol. The molecule has 34 heavy (non-hydrogen) atoms. The van der Waals surface area contributed by atoms with Crippen LogP contribution >= 0.6 is 0 Å². The van der Waals surface area contributed by atoms with Gasteiger partial charge >= 0.3 is 0 Å². The van der Waals surface area contributed by atoms with Crippen LogP contribution in [0, 0.1) is 0 Å². The molecule has 0 spiro atoms. The van der Waals surface area contributed by atoms with Gasteiger partial charge in [-0.25, -0.2) is 9.97 Å². The zero-order chi connectivity index (χ0) is 23.7. The van der Waals surface area contributed by atoms with Gasteiger partial charge < -0.3 is 26.8 Å². The number of nitrogens with one attached hydrogen (secondary N) is 3. The van der Waals surface area contributed by atoms with Gasteiger partial charge in [0.1, 0.15) is 0 Å². The third-order valence-corrected chi connectivity index (χ3v) is 6.32. The molecule has 2 heterocycles. The van der Waals surface area contributed by atoms with Crippen LogP contribution in [-0.2, 0) is 6.42 Å². The average molecular weight is 459 g/mol. The topological polar surface area (TPSA) is 142 Å². The second-order valence-electron chi connectivity index (χ2n) is 8.65. The van der Waals surface area contributed by atoms with E-state index in [1.54, 1.807) is 24.3 Å². The lowest BCUT2D eigenvalue weighted by Gasteiger charge is -2.18. The Morgan fingerprint density at radius 2 is 1.94 bits per heavy atom. The van der Waals surface area contributed by atoms with Gasteiger partial charge in [0.25, 0.3) is 11.8 Å². The highest BCUT2D eigenvalue weighted by molar-refractivity contribution is 5.98. The molecule has 1 aliphatic carbocycles. The van der Waals surface area contributed by atoms with Crippen molar-refractivity contribution in [3.05, 3.63) is 77.1 Å². The van der Waals surface area contributed by atoms with Crippen LogP contribution in [0.3, 0.4) is 0 Å². The summed E-state index contributed by atoms with van der Waals surface area (Å²) in [5.74, 6) is -0.629. The predicted octanol–water partition coefficient (Wildman–Crippen LogP) is 1.21. The summed E-state index contributed by atoms with van der Waals surface area (Å²) in [7, 11) is 0. The number of rotatable bonds is 5. The second-order valence-corrected chi connectivity index (χ2v) is 8.65. The molecule has 1 aromatic heterocycles. The Hall–Kier alpha value is -3.82. The maximum Gasteiger partial charge on any atom is 0.274 e. The number of benzene rings is 2. The van der Waals surface area contributed by atoms with E-state index in [9.17, 15) is 14.7 Å². The maximum atomic E-state index is 13.0. The van der Waals surface area contributed by atoms with E-state index in [2.05, 4.69) is 25.9 Å². The first-order valence-electron chi connectivity index (χ1n) is 11.3. The summed E-state index contributed by atoms with van der Waals surface area (Å²) >= 11 is 0. The maximum absolute atomic E-state index is 13.0. The zero-order valence-corrected chi connectivity index (χ0v) is 18.5. The molecule has 0 bridgehead atoms. The van der Waals surface area contributed by atoms with Gasteiger partial charge in [0.05, 0.1) is 24.0 Å². The Morgan fingerprint density at radius 1 is 1.09 bits per heavy atom. The van der Waals surface area contributed by atoms with Gasteiger partial charge in [0.15, 0.2) is 11.5 Å². The number of nitrogens with two attached hydrogens (primary N) is 1. The molecule has 2 amide bonds. The lowest BCUT2D eigenvalue weighted by atomic mass is 10.1. The summed E-state index contributed by atoms with van der Waals surface area (Å²) in [6.07, 6.45) is 2.15. The Kier molecular flexibility index (Phi) is 5.95. The Bertz CT molecular complexity index is 1240. The molecule has 9 nitrogen and oxygen atoms in total. The lowest BCUT2D eigenvalue weighted by Crippen LogP contribution is -2.37. The molecule has 2 aromatic carbocycles. The van der Waals surface area contributed by atoms with Gasteiger partial charge in [-0.3, -0.25) is 9.59 Å². The molecule has 9 heteroatoms. The fourth-order valence-corrected chi connectivity index (χ4v) is 4.53. The third kappa shape index (κ3) is 4.35. The molecular formula is C25H26N6O3. The second kappa shape index (κ2) is 9.20. The number of nitrogen functional groups attached to an aromatic ring is 1. The van der Waals surface area contributed by atoms with E-state index in [0.29, 0.717) is 29.8 Å². The van der Waals surface area contributed by atoms with Crippen LogP contribution in [0.2, 0.25) is 0 Å². The number of aliphatic hydroxyl groups is 1. The van der Waals surface area contributed by atoms with Gasteiger partial charge in [0.2, 0.25) is 0 Å². The van der Waals surface area contributed by atoms with E-state index < -0.39 is 12.1 Å². The highest BCUT2D eigenvalue weighted by atomic mass is 16.3. The van der Waals surface area contributed by atoms with Crippen molar-refractivity contribution in [3.8, 4) is 11.3 Å². The van der Waals surface area contributed by atoms with Crippen molar-refractivity contribution >= 4 is 17.6 Å². The number of fused-ring (bicyclic) bond motifs is 1. The molecule has 5 rings (SSSR count). The van der Waals surface area contributed by atoms with E-state index in [-0.39, 0.29) is 29.4 Å². The van der Waals surface area contributed by atoms with E-state index in [4.69, 9.17) is 5.73 Å². The number of nitrogens with zero attached hydrogens (tertiary/aromatic N) is 2. The first-order chi connectivity index (χ1) is 16.5. The molecule has 3 aromatic rings. The lowest BCUT2D eigenvalue weighted by molar-refractivity contribution is 0.0857. The van der Waals surface area contributed by atoms with Crippen LogP contribution in [0.1, 0.15) is 44.4 Å². The van der Waals surface area contributed by atoms with Gasteiger partial charge in [-0.2, -0.15) is 0 Å². The summed E-state index contributed by atoms with van der Waals surface area (Å²) in [6, 6.07) is 14.2. The van der Waals surface area contributed by atoms with E-state index in [1.807, 2.05) is 24.3 Å². The molecule has 1 aliphatic heterocycles. The molecule has 6 N–H and O–H groups in total. The summed E-state index contributed by atoms with van der Waals surface area (Å²) in [4.78, 5) is 34.3. The smallest absolute Gasteiger partial charge is 0.274 e. The summed E-state index contributed by atoms with van der Waals surface area (Å²) in [6.45, 7) is 1.56. The molecule has 0 unspecified atom stereocenters. The Balaban J connectivity index is 1.36. The van der Waals surface area contributed by atoms with E-state index >= 15 is 0 Å². The number of anilines is 1. The first kappa shape index (κ1) is 22.0. The molecule has 1 saturated heterocycles. The van der Waals surface area contributed by atoms with Gasteiger partial charge in [-0.1, -0.05) is 36.4 Å². The number of amides is 2. The minimum Gasteiger partial charge on any atom is -0.390 e. The van der Waals surface area contributed by atoms with Crippen LogP contribution < -0.4 is 21.7 Å². The van der Waals surface area contributed by atoms with Gasteiger partial charge in [-0.15, -0.1) is 0 Å². The summed E-state index contributed by atoms with van der Waals surface area (Å²) in [5.41, 5.74) is 9.42. The number of aromatic nitrogens is 2. The number of carbonyl (C=O) groups excluding carboxylic acids is 2. The summed E-state index contributed by atoms with van der Waals surface area (Å²) in [5, 5.41) is 19.5. The monoisotopic (exact) mass is 458 g/mol. The number of hydrogen-bond donors (Lipinski definition) is 5. The quantitative estimate of drug-likeness (QED) is 0.387. The van der Waals surface area contributed by atoms with Crippen molar-refractivity contribution in [2.75, 3.05) is 18.8 Å². The third-order valence-electron chi connectivity index (χ3n) is 6.32. The van der Waals surface area contributed by atoms with Crippen LogP contribution in [0.5, 0.6) is 0 Å². The predicted molar refractivity (Wildman–Crippen MR) is 127 cm³/mol. The fourth-order valence-electron chi connectivity index (χ4n) is 4.53. The summed E-state index contributed by atoms with van der Waals surface area (Å²) < 4.78 is 0. The molecule has 0 saturated carbocycles. The highest BCUT2D eigenvalue weighted by Gasteiger charge is 2.32. The van der Waals surface area contributed by atoms with Crippen LogP contribution in [0.15, 0.2) is 54.7 Å². The largest absolute Gasteiger partial charge is 0.390 e. The number of aliphatic hydroxyl groups excluding tert-OH is 1. The normalized spacial score (nSPS) is 21.1. The van der Waals surface area contributed by atoms with Crippen LogP contribution in [0.4, 0.5) is 5.82 Å². The fraction of sp³-hybridized carbons (Fsp3) is 0.280. The van der Waals surface area contributed by atoms with Crippen molar-refractivity contribution in [3.63, 3.8) is 0 Å². The number of carbonyl (C=O) groups is 2. The van der Waals surface area contributed by atoms with Crippen LogP contribution in [0.25, 0.3) is 11.3 Å². The standard InChI is InChI=1S/C25H26N6O3/c26-23-22(25(34)29-17-8-9-27-12-17)30-19(13-28-23)15-5-3-6-16(10-15)24(33)31-21-18-7-2-1-4-14(18)11-20(21)32/h1-7,10,13,17,20-21,27,32H,8-9,11-12H2,(H2,26,28)(H,29,34)(H,31,33)/t17-,20+,21-/m0/s1.